The predicted octanol–water partition coefficient (Wildman–Crippen LogP) is 4.65. The predicted molar refractivity (Wildman–Crippen MR) is 179 cm³/mol. The lowest BCUT2D eigenvalue weighted by molar-refractivity contribution is 0.00627. The van der Waals surface area contributed by atoms with Crippen molar-refractivity contribution in [2.45, 2.75) is 49.9 Å². The molecule has 1 aliphatic carbocycles. The standard InChI is InChI=1S/C32H35N7O3.3ClH/c33-17-24-20-37-39-21-27(41-11-12-42-29-14-26-13-23(29)19-35-26)15-28(31(24)39)22-4-5-30(36-18-22)38-9-6-32(40,7-10-38)16-25-3-1-2-8-34-25;;;/h1-5,8,15,18,20-21,23,26,29,35,40H,6-7,9-14,16,19H2;3*1H/t23-,26-,29?;;;/m1.../s1. The van der Waals surface area contributed by atoms with Crippen LogP contribution in [0.2, 0.25) is 0 Å². The van der Waals surface area contributed by atoms with E-state index in [0.29, 0.717) is 74.9 Å². The van der Waals surface area contributed by atoms with E-state index in [1.54, 1.807) is 16.9 Å². The Labute approximate surface area is 281 Å². The number of hydrogen-bond donors (Lipinski definition) is 2. The van der Waals surface area contributed by atoms with E-state index < -0.39 is 5.60 Å². The fourth-order valence-corrected chi connectivity index (χ4v) is 6.73. The molecule has 2 N–H and O–H groups in total. The number of ether oxygens (including phenoxy) is 2. The molecule has 0 amide bonds. The van der Waals surface area contributed by atoms with Crippen LogP contribution in [0.4, 0.5) is 5.82 Å². The van der Waals surface area contributed by atoms with Crippen LogP contribution in [-0.4, -0.2) is 75.3 Å². The molecule has 1 unspecified atom stereocenters. The summed E-state index contributed by atoms with van der Waals surface area (Å²) < 4.78 is 13.9. The number of fused-ring (bicyclic) bond motifs is 3. The number of nitriles is 1. The summed E-state index contributed by atoms with van der Waals surface area (Å²) in [5.41, 5.74) is 3.09. The van der Waals surface area contributed by atoms with E-state index in [4.69, 9.17) is 14.5 Å². The Balaban J connectivity index is 0.00000154. The van der Waals surface area contributed by atoms with Crippen LogP contribution in [0.1, 0.15) is 36.9 Å². The van der Waals surface area contributed by atoms with Gasteiger partial charge in [0.05, 0.1) is 41.8 Å². The molecule has 240 valence electrons. The van der Waals surface area contributed by atoms with Gasteiger partial charge in [0, 0.05) is 61.3 Å². The van der Waals surface area contributed by atoms with E-state index in [1.807, 2.05) is 48.8 Å². The molecule has 4 aromatic heterocycles. The maximum Gasteiger partial charge on any atom is 0.138 e. The van der Waals surface area contributed by atoms with Gasteiger partial charge < -0.3 is 24.8 Å². The number of aromatic nitrogens is 4. The zero-order chi connectivity index (χ0) is 28.5. The number of nitrogens with zero attached hydrogens (tertiary/aromatic N) is 6. The first-order valence-corrected chi connectivity index (χ1v) is 14.8. The lowest BCUT2D eigenvalue weighted by Gasteiger charge is -2.38. The zero-order valence-corrected chi connectivity index (χ0v) is 27.2. The van der Waals surface area contributed by atoms with E-state index in [9.17, 15) is 10.4 Å². The molecule has 2 bridgehead atoms. The molecule has 0 spiro atoms. The molecule has 7 rings (SSSR count). The minimum absolute atomic E-state index is 0. The van der Waals surface area contributed by atoms with Gasteiger partial charge in [-0.3, -0.25) is 4.98 Å². The smallest absolute Gasteiger partial charge is 0.138 e. The Hall–Kier alpha value is -3.17. The number of nitrogens with one attached hydrogen (secondary N) is 1. The highest BCUT2D eigenvalue weighted by Gasteiger charge is 2.40. The van der Waals surface area contributed by atoms with E-state index in [-0.39, 0.29) is 37.2 Å². The average molecular weight is 675 g/mol. The Morgan fingerprint density at radius 1 is 1.04 bits per heavy atom. The SMILES string of the molecule is Cl.Cl.Cl.N#Cc1cnn2cc(OCCOC3C[C@H]4C[C@@H]3CN4)cc(-c3ccc(N4CCC(O)(Cc5ccccn5)CC4)nc3)c12. The van der Waals surface area contributed by atoms with Crippen molar-refractivity contribution in [2.24, 2.45) is 5.92 Å². The molecule has 2 aliphatic heterocycles. The van der Waals surface area contributed by atoms with E-state index in [0.717, 1.165) is 41.1 Å². The van der Waals surface area contributed by atoms with Gasteiger partial charge in [0.1, 0.15) is 24.2 Å². The Morgan fingerprint density at radius 3 is 2.56 bits per heavy atom. The summed E-state index contributed by atoms with van der Waals surface area (Å²) in [5, 5.41) is 28.8. The summed E-state index contributed by atoms with van der Waals surface area (Å²) >= 11 is 0. The molecule has 3 aliphatic rings. The number of hydrogen-bond acceptors (Lipinski definition) is 9. The molecular formula is C32H38Cl3N7O3. The Kier molecular flexibility index (Phi) is 11.5. The van der Waals surface area contributed by atoms with Gasteiger partial charge in [-0.05, 0) is 61.9 Å². The molecule has 0 radical (unpaired) electrons. The second kappa shape index (κ2) is 14.9. The molecule has 3 atom stereocenters. The molecule has 10 nitrogen and oxygen atoms in total. The number of rotatable bonds is 9. The van der Waals surface area contributed by atoms with Crippen molar-refractivity contribution < 1.29 is 14.6 Å². The van der Waals surface area contributed by atoms with Crippen molar-refractivity contribution in [1.29, 1.82) is 5.26 Å². The molecule has 2 saturated heterocycles. The van der Waals surface area contributed by atoms with Crippen LogP contribution in [0.3, 0.4) is 0 Å². The van der Waals surface area contributed by atoms with Gasteiger partial charge in [0.25, 0.3) is 0 Å². The van der Waals surface area contributed by atoms with E-state index in [1.165, 1.54) is 6.42 Å². The summed E-state index contributed by atoms with van der Waals surface area (Å²) in [6.07, 6.45) is 11.5. The fourth-order valence-electron chi connectivity index (χ4n) is 6.73. The summed E-state index contributed by atoms with van der Waals surface area (Å²) in [4.78, 5) is 11.4. The third kappa shape index (κ3) is 7.46. The lowest BCUT2D eigenvalue weighted by atomic mass is 9.87. The van der Waals surface area contributed by atoms with Crippen LogP contribution in [0.15, 0.2) is 61.2 Å². The maximum atomic E-state index is 11.2. The second-order valence-corrected chi connectivity index (χ2v) is 11.8. The van der Waals surface area contributed by atoms with Crippen molar-refractivity contribution in [2.75, 3.05) is 37.7 Å². The van der Waals surface area contributed by atoms with Gasteiger partial charge in [-0.25, -0.2) is 9.50 Å². The topological polar surface area (TPSA) is 121 Å². The lowest BCUT2D eigenvalue weighted by Crippen LogP contribution is -2.46. The number of pyridine rings is 3. The molecule has 1 saturated carbocycles. The van der Waals surface area contributed by atoms with Crippen LogP contribution in [0.5, 0.6) is 5.75 Å². The number of piperidine rings is 2. The molecule has 3 fully saturated rings. The van der Waals surface area contributed by atoms with Crippen molar-refractivity contribution >= 4 is 48.6 Å². The average Bonchev–Trinajstić information content (AvgIpc) is 3.76. The van der Waals surface area contributed by atoms with Gasteiger partial charge in [-0.1, -0.05) is 6.07 Å². The fraction of sp³-hybridized carbons (Fsp3) is 0.438. The Bertz CT molecular complexity index is 1590. The summed E-state index contributed by atoms with van der Waals surface area (Å²) in [6, 6.07) is 14.7. The first-order chi connectivity index (χ1) is 20.6. The summed E-state index contributed by atoms with van der Waals surface area (Å²) in [5.74, 6) is 2.14. The van der Waals surface area contributed by atoms with Crippen LogP contribution in [-0.2, 0) is 11.2 Å². The van der Waals surface area contributed by atoms with Crippen LogP contribution in [0.25, 0.3) is 16.6 Å². The highest BCUT2D eigenvalue weighted by Crippen LogP contribution is 2.34. The van der Waals surface area contributed by atoms with Crippen molar-refractivity contribution in [3.05, 3.63) is 72.4 Å². The summed E-state index contributed by atoms with van der Waals surface area (Å²) in [7, 11) is 0. The van der Waals surface area contributed by atoms with Crippen LogP contribution in [0, 0.1) is 17.2 Å². The van der Waals surface area contributed by atoms with Crippen molar-refractivity contribution in [1.82, 2.24) is 24.9 Å². The molecule has 45 heavy (non-hydrogen) atoms. The quantitative estimate of drug-likeness (QED) is 0.245. The van der Waals surface area contributed by atoms with Gasteiger partial charge >= 0.3 is 0 Å². The van der Waals surface area contributed by atoms with Gasteiger partial charge in [0.15, 0.2) is 0 Å². The minimum Gasteiger partial charge on any atom is -0.490 e. The minimum atomic E-state index is -0.758. The third-order valence-electron chi connectivity index (χ3n) is 9.00. The number of halogens is 3. The largest absolute Gasteiger partial charge is 0.490 e. The van der Waals surface area contributed by atoms with Gasteiger partial charge in [0.2, 0.25) is 0 Å². The third-order valence-corrected chi connectivity index (χ3v) is 9.00. The van der Waals surface area contributed by atoms with Gasteiger partial charge in [-0.15, -0.1) is 37.2 Å². The Morgan fingerprint density at radius 2 is 1.89 bits per heavy atom. The highest BCUT2D eigenvalue weighted by atomic mass is 35.5. The molecule has 6 heterocycles. The monoisotopic (exact) mass is 673 g/mol. The van der Waals surface area contributed by atoms with Crippen molar-refractivity contribution in [3.63, 3.8) is 0 Å². The molecule has 0 aromatic carbocycles. The normalized spacial score (nSPS) is 21.3. The van der Waals surface area contributed by atoms with Gasteiger partial charge in [-0.2, -0.15) is 10.4 Å². The van der Waals surface area contributed by atoms with E-state index in [2.05, 4.69) is 26.4 Å². The van der Waals surface area contributed by atoms with Crippen LogP contribution < -0.4 is 15.0 Å². The second-order valence-electron chi connectivity index (χ2n) is 11.8. The first kappa shape index (κ1) is 34.7. The molecule has 4 aromatic rings. The van der Waals surface area contributed by atoms with Crippen LogP contribution >= 0.6 is 37.2 Å². The van der Waals surface area contributed by atoms with Crippen molar-refractivity contribution in [3.8, 4) is 22.9 Å². The number of aliphatic hydroxyl groups is 1. The van der Waals surface area contributed by atoms with E-state index >= 15 is 0 Å². The molecule has 13 heteroatoms. The maximum absolute atomic E-state index is 11.2. The first-order valence-electron chi connectivity index (χ1n) is 14.8. The zero-order valence-electron chi connectivity index (χ0n) is 24.7. The molecular weight excluding hydrogens is 637 g/mol. The summed E-state index contributed by atoms with van der Waals surface area (Å²) in [6.45, 7) is 3.45. The number of anilines is 1. The highest BCUT2D eigenvalue weighted by molar-refractivity contribution is 5.86.